The lowest BCUT2D eigenvalue weighted by atomic mass is 10.1. The van der Waals surface area contributed by atoms with Gasteiger partial charge in [-0.3, -0.25) is 0 Å². The van der Waals surface area contributed by atoms with Crippen molar-refractivity contribution >= 4 is 33.4 Å². The van der Waals surface area contributed by atoms with E-state index in [1.165, 1.54) is 27.4 Å². The maximum absolute atomic E-state index is 6.23. The van der Waals surface area contributed by atoms with Gasteiger partial charge in [-0.15, -0.1) is 0 Å². The number of rotatable bonds is 5. The molecule has 0 aliphatic heterocycles. The van der Waals surface area contributed by atoms with Gasteiger partial charge in [0.05, 0.1) is 0 Å². The van der Waals surface area contributed by atoms with Crippen LogP contribution in [0.3, 0.4) is 0 Å². The van der Waals surface area contributed by atoms with Gasteiger partial charge in [0.25, 0.3) is 0 Å². The summed E-state index contributed by atoms with van der Waals surface area (Å²) in [5.74, 6) is 0. The number of halogens is 1. The summed E-state index contributed by atoms with van der Waals surface area (Å²) >= 11 is 6.23. The molecular weight excluding hydrogens is 328 g/mol. The number of aryl methyl sites for hydroxylation is 1. The Morgan fingerprint density at radius 1 is 0.840 bits per heavy atom. The number of fused-ring (bicyclic) bond motifs is 3. The van der Waals surface area contributed by atoms with Gasteiger partial charge in [-0.1, -0.05) is 54.1 Å². The number of hydrogen-bond donors (Lipinski definition) is 1. The quantitative estimate of drug-likeness (QED) is 0.485. The number of nitrogens with zero attached hydrogens (tertiary/aromatic N) is 1. The van der Waals surface area contributed by atoms with E-state index in [0.29, 0.717) is 0 Å². The van der Waals surface area contributed by atoms with E-state index in [4.69, 9.17) is 11.6 Å². The second-order valence-corrected chi connectivity index (χ2v) is 6.72. The zero-order valence-corrected chi connectivity index (χ0v) is 15.1. The Morgan fingerprint density at radius 3 is 2.44 bits per heavy atom. The largest absolute Gasteiger partial charge is 0.341 e. The Hall–Kier alpha value is -2.29. The number of aromatic nitrogens is 1. The Balaban J connectivity index is 1.61. The van der Waals surface area contributed by atoms with Crippen LogP contribution in [0.2, 0.25) is 5.02 Å². The van der Waals surface area contributed by atoms with Crippen LogP contribution < -0.4 is 5.32 Å². The van der Waals surface area contributed by atoms with E-state index in [2.05, 4.69) is 65.3 Å². The highest BCUT2D eigenvalue weighted by Gasteiger charge is 2.09. The van der Waals surface area contributed by atoms with Crippen LogP contribution in [-0.4, -0.2) is 4.57 Å². The standard InChI is InChI=1S/C22H21ClN2/c1-2-25-21-10-6-4-8-18(21)19-13-16(11-12-22(19)25)14-24-15-17-7-3-5-9-20(17)23/h3-13,24H,2,14-15H2,1H3. The van der Waals surface area contributed by atoms with Gasteiger partial charge in [0, 0.05) is 46.5 Å². The Kier molecular flexibility index (Phi) is 4.48. The minimum atomic E-state index is 0.772. The lowest BCUT2D eigenvalue weighted by Gasteiger charge is -2.08. The van der Waals surface area contributed by atoms with Crippen LogP contribution in [0.15, 0.2) is 66.7 Å². The first-order chi connectivity index (χ1) is 12.3. The van der Waals surface area contributed by atoms with Crippen molar-refractivity contribution in [2.45, 2.75) is 26.6 Å². The summed E-state index contributed by atoms with van der Waals surface area (Å²) in [5, 5.41) is 6.97. The molecule has 0 bridgehead atoms. The van der Waals surface area contributed by atoms with E-state index in [9.17, 15) is 0 Å². The average Bonchev–Trinajstić information content (AvgIpc) is 2.96. The number of para-hydroxylation sites is 1. The Bertz CT molecular complexity index is 1030. The fourth-order valence-electron chi connectivity index (χ4n) is 3.53. The number of nitrogens with one attached hydrogen (secondary N) is 1. The molecule has 1 aromatic heterocycles. The number of benzene rings is 3. The molecule has 1 heterocycles. The molecule has 0 unspecified atom stereocenters. The molecule has 3 heteroatoms. The molecule has 0 saturated carbocycles. The van der Waals surface area contributed by atoms with Crippen LogP contribution in [0.25, 0.3) is 21.8 Å². The van der Waals surface area contributed by atoms with Gasteiger partial charge in [-0.25, -0.2) is 0 Å². The minimum absolute atomic E-state index is 0.772. The second-order valence-electron chi connectivity index (χ2n) is 6.31. The molecule has 0 saturated heterocycles. The molecule has 0 atom stereocenters. The van der Waals surface area contributed by atoms with Crippen LogP contribution in [0.5, 0.6) is 0 Å². The first-order valence-electron chi connectivity index (χ1n) is 8.72. The number of hydrogen-bond acceptors (Lipinski definition) is 1. The SMILES string of the molecule is CCn1c2ccccc2c2cc(CNCc3ccccc3Cl)ccc21. The van der Waals surface area contributed by atoms with Crippen molar-refractivity contribution in [1.29, 1.82) is 0 Å². The molecular formula is C22H21ClN2. The van der Waals surface area contributed by atoms with Crippen LogP contribution in [0.1, 0.15) is 18.1 Å². The molecule has 4 aromatic rings. The lowest BCUT2D eigenvalue weighted by molar-refractivity contribution is 0.694. The van der Waals surface area contributed by atoms with Crippen LogP contribution in [0.4, 0.5) is 0 Å². The Morgan fingerprint density at radius 2 is 1.60 bits per heavy atom. The summed E-state index contributed by atoms with van der Waals surface area (Å²) in [5.41, 5.74) is 5.03. The summed E-state index contributed by atoms with van der Waals surface area (Å²) < 4.78 is 2.38. The fraction of sp³-hybridized carbons (Fsp3) is 0.182. The zero-order chi connectivity index (χ0) is 17.2. The van der Waals surface area contributed by atoms with E-state index < -0.39 is 0 Å². The predicted molar refractivity (Wildman–Crippen MR) is 107 cm³/mol. The highest BCUT2D eigenvalue weighted by atomic mass is 35.5. The van der Waals surface area contributed by atoms with Gasteiger partial charge < -0.3 is 9.88 Å². The monoisotopic (exact) mass is 348 g/mol. The van der Waals surface area contributed by atoms with Crippen LogP contribution in [-0.2, 0) is 19.6 Å². The predicted octanol–water partition coefficient (Wildman–Crippen LogP) is 5.76. The van der Waals surface area contributed by atoms with E-state index in [0.717, 1.165) is 30.2 Å². The first kappa shape index (κ1) is 16.2. The van der Waals surface area contributed by atoms with Crippen molar-refractivity contribution in [1.82, 2.24) is 9.88 Å². The third kappa shape index (κ3) is 3.04. The third-order valence-electron chi connectivity index (χ3n) is 4.76. The molecule has 0 aliphatic carbocycles. The van der Waals surface area contributed by atoms with Gasteiger partial charge in [0.15, 0.2) is 0 Å². The summed E-state index contributed by atoms with van der Waals surface area (Å²) in [6, 6.07) is 23.4. The summed E-state index contributed by atoms with van der Waals surface area (Å²) in [4.78, 5) is 0. The molecule has 4 rings (SSSR count). The zero-order valence-electron chi connectivity index (χ0n) is 14.3. The molecule has 0 spiro atoms. The van der Waals surface area contributed by atoms with Crippen molar-refractivity contribution in [3.05, 3.63) is 82.9 Å². The average molecular weight is 349 g/mol. The molecule has 3 aromatic carbocycles. The molecule has 0 fully saturated rings. The third-order valence-corrected chi connectivity index (χ3v) is 5.12. The molecule has 2 nitrogen and oxygen atoms in total. The van der Waals surface area contributed by atoms with Crippen molar-refractivity contribution in [3.63, 3.8) is 0 Å². The maximum Gasteiger partial charge on any atom is 0.0491 e. The summed E-state index contributed by atoms with van der Waals surface area (Å²) in [7, 11) is 0. The smallest absolute Gasteiger partial charge is 0.0491 e. The van der Waals surface area contributed by atoms with Gasteiger partial charge in [0.2, 0.25) is 0 Å². The van der Waals surface area contributed by atoms with E-state index in [-0.39, 0.29) is 0 Å². The topological polar surface area (TPSA) is 17.0 Å². The molecule has 0 radical (unpaired) electrons. The van der Waals surface area contributed by atoms with Gasteiger partial charge in [-0.2, -0.15) is 0 Å². The maximum atomic E-state index is 6.23. The summed E-state index contributed by atoms with van der Waals surface area (Å²) in [6.07, 6.45) is 0. The van der Waals surface area contributed by atoms with Crippen LogP contribution >= 0.6 is 11.6 Å². The van der Waals surface area contributed by atoms with Crippen molar-refractivity contribution in [2.75, 3.05) is 0 Å². The van der Waals surface area contributed by atoms with Crippen molar-refractivity contribution in [2.24, 2.45) is 0 Å². The van der Waals surface area contributed by atoms with Gasteiger partial charge in [0.1, 0.15) is 0 Å². The van der Waals surface area contributed by atoms with Crippen molar-refractivity contribution < 1.29 is 0 Å². The normalized spacial score (nSPS) is 11.4. The summed E-state index contributed by atoms with van der Waals surface area (Å²) in [6.45, 7) is 4.78. The molecule has 1 N–H and O–H groups in total. The van der Waals surface area contributed by atoms with Gasteiger partial charge in [-0.05, 0) is 42.3 Å². The Labute approximate surface area is 153 Å². The van der Waals surface area contributed by atoms with Gasteiger partial charge >= 0.3 is 0 Å². The molecule has 126 valence electrons. The fourth-order valence-corrected chi connectivity index (χ4v) is 3.74. The minimum Gasteiger partial charge on any atom is -0.341 e. The van der Waals surface area contributed by atoms with Crippen molar-refractivity contribution in [3.8, 4) is 0 Å². The lowest BCUT2D eigenvalue weighted by Crippen LogP contribution is -2.12. The first-order valence-corrected chi connectivity index (χ1v) is 9.09. The molecule has 0 aliphatic rings. The molecule has 25 heavy (non-hydrogen) atoms. The van der Waals surface area contributed by atoms with Crippen LogP contribution in [0, 0.1) is 0 Å². The van der Waals surface area contributed by atoms with E-state index in [1.54, 1.807) is 0 Å². The molecule has 0 amide bonds. The van der Waals surface area contributed by atoms with E-state index >= 15 is 0 Å². The van der Waals surface area contributed by atoms with E-state index in [1.807, 2.05) is 18.2 Å². The highest BCUT2D eigenvalue weighted by molar-refractivity contribution is 6.31. The highest BCUT2D eigenvalue weighted by Crippen LogP contribution is 2.29. The second kappa shape index (κ2) is 6.91.